The Hall–Kier alpha value is -2.64. The maximum atomic E-state index is 12.7. The van der Waals surface area contributed by atoms with Crippen molar-refractivity contribution in [2.75, 3.05) is 39.1 Å². The van der Waals surface area contributed by atoms with Gasteiger partial charge >= 0.3 is 0 Å². The van der Waals surface area contributed by atoms with E-state index in [1.54, 1.807) is 0 Å². The molecule has 2 fully saturated rings. The number of carbonyl (C=O) groups excluding carboxylic acids is 2. The normalized spacial score (nSPS) is 32.7. The Bertz CT molecular complexity index is 1050. The molecule has 43 heavy (non-hydrogen) atoms. The van der Waals surface area contributed by atoms with E-state index in [0.717, 1.165) is 6.42 Å². The van der Waals surface area contributed by atoms with Gasteiger partial charge < -0.3 is 71.6 Å². The summed E-state index contributed by atoms with van der Waals surface area (Å²) in [4.78, 5) is 24.9. The van der Waals surface area contributed by atoms with Gasteiger partial charge in [-0.05, 0) is 38.1 Å². The second-order valence-corrected chi connectivity index (χ2v) is 10.7. The Morgan fingerprint density at radius 3 is 2.26 bits per heavy atom. The third-order valence-electron chi connectivity index (χ3n) is 7.65. The lowest BCUT2D eigenvalue weighted by molar-refractivity contribution is -0.303. The lowest BCUT2D eigenvalue weighted by atomic mass is 9.88. The fourth-order valence-corrected chi connectivity index (χ4v) is 5.11. The lowest BCUT2D eigenvalue weighted by Gasteiger charge is -2.44. The Morgan fingerprint density at radius 1 is 0.930 bits per heavy atom. The third-order valence-corrected chi connectivity index (χ3v) is 7.65. The number of phenolic OH excluding ortho intramolecular Hbond substituents is 1. The minimum atomic E-state index is -1.77. The highest BCUT2D eigenvalue weighted by molar-refractivity contribution is 5.97. The number of likely N-dealkylation sites (N-methyl/N-ethyl adjacent to an activating group) is 1. The van der Waals surface area contributed by atoms with Crippen molar-refractivity contribution in [2.45, 2.75) is 80.9 Å². The van der Waals surface area contributed by atoms with Crippen LogP contribution in [-0.4, -0.2) is 136 Å². The number of hydrogen-bond acceptors (Lipinski definition) is 14. The summed E-state index contributed by atoms with van der Waals surface area (Å²) < 4.78 is 16.3. The Labute approximate surface area is 248 Å². The van der Waals surface area contributed by atoms with Gasteiger partial charge in [-0.1, -0.05) is 12.8 Å². The van der Waals surface area contributed by atoms with E-state index >= 15 is 0 Å². The second kappa shape index (κ2) is 16.4. The number of aliphatic hydroxyl groups excluding tert-OH is 6. The van der Waals surface area contributed by atoms with Crippen LogP contribution in [0.5, 0.6) is 5.75 Å². The molecule has 3 rings (SSSR count). The van der Waals surface area contributed by atoms with Crippen LogP contribution in [0.3, 0.4) is 0 Å². The van der Waals surface area contributed by atoms with E-state index in [4.69, 9.17) is 19.9 Å². The standard InChI is InChI=1S/C27H44N4O12/c1-29-18-15(19(34)17(11-32)42-26(18)40)12-41-27-22(37)20(35)21(36)23(43-27)25(39)31-9-5-3-2-4-8-30-24(38)14-10-13(28)6-7-16(14)33/h6-7,10,15,17-23,26-27,29,32-37,40H,2-5,8-9,11-12,28H2,1H3,(H,30,38)(H,31,39)/t15-,17?,18?,19-,20+,21-,22?,23?,26-,27-/m1/s1. The molecule has 16 heteroatoms. The zero-order valence-electron chi connectivity index (χ0n) is 23.9. The van der Waals surface area contributed by atoms with Crippen molar-refractivity contribution in [2.24, 2.45) is 5.92 Å². The molecule has 2 saturated heterocycles. The van der Waals surface area contributed by atoms with Gasteiger partial charge in [-0.25, -0.2) is 0 Å². The summed E-state index contributed by atoms with van der Waals surface area (Å²) >= 11 is 0. The topological polar surface area (TPSA) is 266 Å². The molecular formula is C27H44N4O12. The van der Waals surface area contributed by atoms with Crippen LogP contribution in [-0.2, 0) is 19.0 Å². The van der Waals surface area contributed by atoms with Gasteiger partial charge in [0.05, 0.1) is 30.9 Å². The lowest BCUT2D eigenvalue weighted by Crippen LogP contribution is -2.63. The Morgan fingerprint density at radius 2 is 1.60 bits per heavy atom. The SMILES string of the molecule is CNC1[C@H](O)OC(CO)[C@H](O)[C@@H]1CO[C@@H]1OC(C(=O)NCCCCCCNC(=O)c2cc(N)ccc2O)[C@H](O)[C@H](O)C1O. The van der Waals surface area contributed by atoms with Crippen molar-refractivity contribution in [3.8, 4) is 5.75 Å². The molecule has 0 radical (unpaired) electrons. The molecule has 0 aliphatic carbocycles. The molecule has 4 unspecified atom stereocenters. The molecule has 0 bridgehead atoms. The zero-order valence-corrected chi connectivity index (χ0v) is 23.9. The molecule has 0 saturated carbocycles. The van der Waals surface area contributed by atoms with Crippen LogP contribution >= 0.6 is 0 Å². The fourth-order valence-electron chi connectivity index (χ4n) is 5.11. The first-order valence-electron chi connectivity index (χ1n) is 14.3. The van der Waals surface area contributed by atoms with E-state index in [0.29, 0.717) is 31.5 Å². The summed E-state index contributed by atoms with van der Waals surface area (Å²) in [6.45, 7) is -0.267. The Balaban J connectivity index is 1.40. The smallest absolute Gasteiger partial charge is 0.255 e. The molecule has 2 heterocycles. The van der Waals surface area contributed by atoms with Gasteiger partial charge in [-0.15, -0.1) is 0 Å². The van der Waals surface area contributed by atoms with Crippen LogP contribution in [0, 0.1) is 5.92 Å². The van der Waals surface area contributed by atoms with Crippen molar-refractivity contribution in [3.05, 3.63) is 23.8 Å². The van der Waals surface area contributed by atoms with Crippen molar-refractivity contribution in [1.29, 1.82) is 0 Å². The van der Waals surface area contributed by atoms with Gasteiger partial charge in [-0.2, -0.15) is 0 Å². The average Bonchev–Trinajstić information content (AvgIpc) is 2.99. The van der Waals surface area contributed by atoms with E-state index in [1.807, 2.05) is 0 Å². The average molecular weight is 617 g/mol. The molecule has 2 amide bonds. The van der Waals surface area contributed by atoms with Crippen LogP contribution in [0.1, 0.15) is 36.0 Å². The fraction of sp³-hybridized carbons (Fsp3) is 0.704. The number of phenols is 1. The molecule has 2 aliphatic heterocycles. The predicted octanol–water partition coefficient (Wildman–Crippen LogP) is -3.52. The molecular weight excluding hydrogens is 572 g/mol. The highest BCUT2D eigenvalue weighted by atomic mass is 16.7. The molecule has 244 valence electrons. The molecule has 10 atom stereocenters. The quantitative estimate of drug-likeness (QED) is 0.0550. The van der Waals surface area contributed by atoms with Gasteiger partial charge in [0.2, 0.25) is 0 Å². The minimum Gasteiger partial charge on any atom is -0.507 e. The van der Waals surface area contributed by atoms with E-state index in [2.05, 4.69) is 16.0 Å². The van der Waals surface area contributed by atoms with Crippen LogP contribution < -0.4 is 21.7 Å². The van der Waals surface area contributed by atoms with Crippen molar-refractivity contribution < 1.29 is 59.5 Å². The first-order chi connectivity index (χ1) is 20.5. The first-order valence-corrected chi connectivity index (χ1v) is 14.3. The van der Waals surface area contributed by atoms with Gasteiger partial charge in [0.15, 0.2) is 18.7 Å². The van der Waals surface area contributed by atoms with Crippen molar-refractivity contribution in [1.82, 2.24) is 16.0 Å². The van der Waals surface area contributed by atoms with E-state index in [9.17, 15) is 45.3 Å². The summed E-state index contributed by atoms with van der Waals surface area (Å²) in [6.07, 6.45) is -9.36. The summed E-state index contributed by atoms with van der Waals surface area (Å²) in [5.41, 5.74) is 6.11. The maximum absolute atomic E-state index is 12.7. The predicted molar refractivity (Wildman–Crippen MR) is 149 cm³/mol. The van der Waals surface area contributed by atoms with Gasteiger partial charge in [0.25, 0.3) is 11.8 Å². The number of hydrogen-bond donors (Lipinski definition) is 11. The molecule has 0 aromatic heterocycles. The number of aromatic hydroxyl groups is 1. The number of nitrogen functional groups attached to an aromatic ring is 1. The number of carbonyl (C=O) groups is 2. The maximum Gasteiger partial charge on any atom is 0.255 e. The number of unbranched alkanes of at least 4 members (excludes halogenated alkanes) is 3. The number of benzene rings is 1. The van der Waals surface area contributed by atoms with Crippen molar-refractivity contribution in [3.63, 3.8) is 0 Å². The molecule has 0 spiro atoms. The monoisotopic (exact) mass is 616 g/mol. The molecule has 16 nitrogen and oxygen atoms in total. The van der Waals surface area contributed by atoms with Crippen molar-refractivity contribution >= 4 is 17.5 Å². The molecule has 1 aromatic rings. The van der Waals surface area contributed by atoms with Crippen LogP contribution in [0.15, 0.2) is 18.2 Å². The summed E-state index contributed by atoms with van der Waals surface area (Å²) in [7, 11) is 1.52. The second-order valence-electron chi connectivity index (χ2n) is 10.7. The third kappa shape index (κ3) is 8.95. The Kier molecular flexibility index (Phi) is 13.3. The number of aliphatic hydroxyl groups is 6. The first kappa shape index (κ1) is 34.8. The number of anilines is 1. The van der Waals surface area contributed by atoms with E-state index < -0.39 is 79.6 Å². The largest absolute Gasteiger partial charge is 0.507 e. The highest BCUT2D eigenvalue weighted by Gasteiger charge is 2.49. The number of ether oxygens (including phenoxy) is 3. The van der Waals surface area contributed by atoms with Gasteiger partial charge in [-0.3, -0.25) is 9.59 Å². The van der Waals surface area contributed by atoms with Crippen LogP contribution in [0.4, 0.5) is 5.69 Å². The molecule has 2 aliphatic rings. The van der Waals surface area contributed by atoms with E-state index in [-0.39, 0.29) is 24.5 Å². The number of nitrogens with two attached hydrogens (primary N) is 1. The highest BCUT2D eigenvalue weighted by Crippen LogP contribution is 2.28. The summed E-state index contributed by atoms with van der Waals surface area (Å²) in [5.74, 6) is -2.15. The van der Waals surface area contributed by atoms with Gasteiger partial charge in [0, 0.05) is 24.7 Å². The minimum absolute atomic E-state index is 0.0950. The molecule has 1 aromatic carbocycles. The van der Waals surface area contributed by atoms with Gasteiger partial charge in [0.1, 0.15) is 30.2 Å². The van der Waals surface area contributed by atoms with E-state index in [1.165, 1.54) is 25.2 Å². The number of nitrogens with one attached hydrogen (secondary N) is 3. The summed E-state index contributed by atoms with van der Waals surface area (Å²) in [5, 5.41) is 79.2. The van der Waals surface area contributed by atoms with Crippen LogP contribution in [0.25, 0.3) is 0 Å². The summed E-state index contributed by atoms with van der Waals surface area (Å²) in [6, 6.07) is 3.43. The molecule has 12 N–H and O–H groups in total. The number of rotatable bonds is 14. The zero-order chi connectivity index (χ0) is 31.7. The van der Waals surface area contributed by atoms with Crippen LogP contribution in [0.2, 0.25) is 0 Å². The number of amides is 2.